The van der Waals surface area contributed by atoms with E-state index in [9.17, 15) is 4.79 Å². The van der Waals surface area contributed by atoms with Gasteiger partial charge in [0.2, 0.25) is 11.9 Å². The van der Waals surface area contributed by atoms with Gasteiger partial charge in [-0.15, -0.1) is 0 Å². The number of amides is 1. The second-order valence-electron chi connectivity index (χ2n) is 7.56. The van der Waals surface area contributed by atoms with E-state index in [2.05, 4.69) is 25.2 Å². The lowest BCUT2D eigenvalue weighted by Crippen LogP contribution is -2.32. The molecule has 2 aliphatic rings. The van der Waals surface area contributed by atoms with E-state index < -0.39 is 5.92 Å². The van der Waals surface area contributed by atoms with Gasteiger partial charge in [0.25, 0.3) is 0 Å². The van der Waals surface area contributed by atoms with Crippen LogP contribution in [0.25, 0.3) is 0 Å². The molecule has 31 heavy (non-hydrogen) atoms. The van der Waals surface area contributed by atoms with Gasteiger partial charge in [0.05, 0.1) is 19.6 Å². The molecule has 2 aliphatic heterocycles. The number of aromatic nitrogens is 3. The molecule has 1 amide bonds. The van der Waals surface area contributed by atoms with E-state index in [4.69, 9.17) is 9.47 Å². The van der Waals surface area contributed by atoms with Crippen LogP contribution >= 0.6 is 0 Å². The van der Waals surface area contributed by atoms with Crippen LogP contribution in [0.15, 0.2) is 48.5 Å². The Morgan fingerprint density at radius 2 is 1.68 bits per heavy atom. The molecular weight excluding hydrogens is 394 g/mol. The van der Waals surface area contributed by atoms with E-state index in [1.807, 2.05) is 48.5 Å². The lowest BCUT2D eigenvalue weighted by Gasteiger charge is -2.27. The lowest BCUT2D eigenvalue weighted by atomic mass is 9.87. The van der Waals surface area contributed by atoms with E-state index in [-0.39, 0.29) is 18.5 Å². The number of methoxy groups -OCH3 is 1. The van der Waals surface area contributed by atoms with Gasteiger partial charge in [-0.1, -0.05) is 36.4 Å². The van der Waals surface area contributed by atoms with Crippen LogP contribution in [-0.4, -0.2) is 41.1 Å². The van der Waals surface area contributed by atoms with Gasteiger partial charge in [-0.05, 0) is 25.0 Å². The molecule has 0 radical (unpaired) electrons. The Labute approximate surface area is 180 Å². The second kappa shape index (κ2) is 8.22. The summed E-state index contributed by atoms with van der Waals surface area (Å²) in [6, 6.07) is 15.5. The Hall–Kier alpha value is -3.68. The number of fused-ring (bicyclic) bond motifs is 2. The maximum atomic E-state index is 13.3. The van der Waals surface area contributed by atoms with Crippen molar-refractivity contribution < 1.29 is 14.3 Å². The number of para-hydroxylation sites is 2. The Kier molecular flexibility index (Phi) is 5.11. The van der Waals surface area contributed by atoms with E-state index >= 15 is 0 Å². The van der Waals surface area contributed by atoms with Crippen LogP contribution in [0.1, 0.15) is 35.7 Å². The molecule has 8 heteroatoms. The first-order chi connectivity index (χ1) is 15.2. The highest BCUT2D eigenvalue weighted by molar-refractivity contribution is 5.89. The fourth-order valence-corrected chi connectivity index (χ4v) is 4.08. The first kappa shape index (κ1) is 19.3. The summed E-state index contributed by atoms with van der Waals surface area (Å²) in [7, 11) is 1.53. The molecule has 158 valence electrons. The highest BCUT2D eigenvalue weighted by Gasteiger charge is 2.32. The number of hydrogen-bond donors (Lipinski definition) is 1. The van der Waals surface area contributed by atoms with E-state index in [1.165, 1.54) is 7.11 Å². The third-order valence-corrected chi connectivity index (χ3v) is 5.58. The van der Waals surface area contributed by atoms with Crippen molar-refractivity contribution in [2.75, 3.05) is 25.1 Å². The third-order valence-electron chi connectivity index (χ3n) is 5.58. The zero-order valence-corrected chi connectivity index (χ0v) is 17.2. The van der Waals surface area contributed by atoms with E-state index in [1.54, 1.807) is 0 Å². The van der Waals surface area contributed by atoms with Gasteiger partial charge in [0.15, 0.2) is 5.82 Å². The van der Waals surface area contributed by atoms with Crippen LogP contribution in [0, 0.1) is 0 Å². The van der Waals surface area contributed by atoms with Crippen molar-refractivity contribution in [3.8, 4) is 17.5 Å². The average molecular weight is 417 g/mol. The Bertz CT molecular complexity index is 1070. The van der Waals surface area contributed by atoms with Gasteiger partial charge < -0.3 is 19.7 Å². The van der Waals surface area contributed by atoms with E-state index in [0.717, 1.165) is 37.1 Å². The number of carbonyl (C=O) groups is 1. The molecule has 2 aromatic carbocycles. The van der Waals surface area contributed by atoms with Crippen LogP contribution in [0.4, 0.5) is 5.95 Å². The summed E-state index contributed by atoms with van der Waals surface area (Å²) in [6.45, 7) is 2.00. The molecule has 8 nitrogen and oxygen atoms in total. The van der Waals surface area contributed by atoms with Gasteiger partial charge in [-0.3, -0.25) is 4.79 Å². The minimum absolute atomic E-state index is 0.134. The first-order valence-corrected chi connectivity index (χ1v) is 10.4. The highest BCUT2D eigenvalue weighted by Crippen LogP contribution is 2.43. The minimum atomic E-state index is -0.470. The van der Waals surface area contributed by atoms with E-state index in [0.29, 0.717) is 23.3 Å². The molecule has 0 unspecified atom stereocenters. The number of carbonyl (C=O) groups excluding carboxylic acids is 1. The summed E-state index contributed by atoms with van der Waals surface area (Å²) in [4.78, 5) is 28.7. The number of rotatable bonds is 5. The topological polar surface area (TPSA) is 89.5 Å². The standard InChI is InChI=1S/C23H23N5O3/c1-30-23-26-19(25-22(27-23)28-12-6-7-13-28)14-24-21(29)20-15-8-2-4-10-17(15)31-18-11-5-3-9-16(18)20/h2-5,8-11,20H,6-7,12-14H2,1H3,(H,24,29). The molecule has 0 bridgehead atoms. The molecular formula is C23H23N5O3. The zero-order chi connectivity index (χ0) is 21.2. The fraction of sp³-hybridized carbons (Fsp3) is 0.304. The number of benzene rings is 2. The van der Waals surface area contributed by atoms with Crippen LogP contribution in [0.3, 0.4) is 0 Å². The normalized spacial score (nSPS) is 15.1. The molecule has 0 saturated carbocycles. The van der Waals surface area contributed by atoms with Gasteiger partial charge in [0, 0.05) is 24.2 Å². The summed E-state index contributed by atoms with van der Waals surface area (Å²) in [5, 5.41) is 3.00. The molecule has 1 N–H and O–H groups in total. The number of nitrogens with zero attached hydrogens (tertiary/aromatic N) is 4. The van der Waals surface area contributed by atoms with Crippen LogP contribution in [0.5, 0.6) is 17.5 Å². The van der Waals surface area contributed by atoms with Crippen molar-refractivity contribution >= 4 is 11.9 Å². The summed E-state index contributed by atoms with van der Waals surface area (Å²) >= 11 is 0. The van der Waals surface area contributed by atoms with Crippen molar-refractivity contribution in [1.82, 2.24) is 20.3 Å². The van der Waals surface area contributed by atoms with Crippen LogP contribution in [0.2, 0.25) is 0 Å². The predicted molar refractivity (Wildman–Crippen MR) is 114 cm³/mol. The molecule has 0 spiro atoms. The molecule has 0 atom stereocenters. The van der Waals surface area contributed by atoms with Crippen molar-refractivity contribution in [1.29, 1.82) is 0 Å². The van der Waals surface area contributed by atoms with Crippen LogP contribution in [-0.2, 0) is 11.3 Å². The highest BCUT2D eigenvalue weighted by atomic mass is 16.5. The summed E-state index contributed by atoms with van der Waals surface area (Å²) < 4.78 is 11.2. The number of nitrogens with one attached hydrogen (secondary N) is 1. The van der Waals surface area contributed by atoms with Gasteiger partial charge >= 0.3 is 6.01 Å². The van der Waals surface area contributed by atoms with Gasteiger partial charge in [0.1, 0.15) is 11.5 Å². The molecule has 1 aromatic heterocycles. The average Bonchev–Trinajstić information content (AvgIpc) is 3.36. The maximum Gasteiger partial charge on any atom is 0.321 e. The molecule has 1 fully saturated rings. The molecule has 1 saturated heterocycles. The molecule has 5 rings (SSSR count). The number of anilines is 1. The van der Waals surface area contributed by atoms with Crippen molar-refractivity contribution in [3.63, 3.8) is 0 Å². The van der Waals surface area contributed by atoms with Crippen molar-refractivity contribution in [2.24, 2.45) is 0 Å². The van der Waals surface area contributed by atoms with Crippen LogP contribution < -0.4 is 19.7 Å². The summed E-state index contributed by atoms with van der Waals surface area (Å²) in [5.41, 5.74) is 1.68. The third kappa shape index (κ3) is 3.76. The quantitative estimate of drug-likeness (QED) is 0.682. The number of hydrogen-bond acceptors (Lipinski definition) is 7. The van der Waals surface area contributed by atoms with Gasteiger partial charge in [-0.2, -0.15) is 15.0 Å². The van der Waals surface area contributed by atoms with Gasteiger partial charge in [-0.25, -0.2) is 0 Å². The van der Waals surface area contributed by atoms with Crippen molar-refractivity contribution in [3.05, 3.63) is 65.5 Å². The lowest BCUT2D eigenvalue weighted by molar-refractivity contribution is -0.122. The monoisotopic (exact) mass is 417 g/mol. The largest absolute Gasteiger partial charge is 0.467 e. The molecule has 0 aliphatic carbocycles. The Morgan fingerprint density at radius 1 is 1.03 bits per heavy atom. The summed E-state index contributed by atoms with van der Waals surface area (Å²) in [5.74, 6) is 1.85. The molecule has 3 aromatic rings. The number of ether oxygens (including phenoxy) is 2. The molecule has 3 heterocycles. The minimum Gasteiger partial charge on any atom is -0.467 e. The maximum absolute atomic E-state index is 13.3. The second-order valence-corrected chi connectivity index (χ2v) is 7.56. The Balaban J connectivity index is 1.40. The summed E-state index contributed by atoms with van der Waals surface area (Å²) in [6.07, 6.45) is 2.23. The Morgan fingerprint density at radius 3 is 2.32 bits per heavy atom. The first-order valence-electron chi connectivity index (χ1n) is 10.4. The smallest absolute Gasteiger partial charge is 0.321 e. The predicted octanol–water partition coefficient (Wildman–Crippen LogP) is 3.03. The fourth-order valence-electron chi connectivity index (χ4n) is 4.08. The zero-order valence-electron chi connectivity index (χ0n) is 17.2. The van der Waals surface area contributed by atoms with Crippen molar-refractivity contribution in [2.45, 2.75) is 25.3 Å². The SMILES string of the molecule is COc1nc(CNC(=O)C2c3ccccc3Oc3ccccc32)nc(N2CCCC2)n1.